The van der Waals surface area contributed by atoms with Crippen LogP contribution >= 0.6 is 0 Å². The number of rotatable bonds is 2. The van der Waals surface area contributed by atoms with Crippen molar-refractivity contribution in [3.63, 3.8) is 0 Å². The van der Waals surface area contributed by atoms with Crippen LogP contribution in [0.2, 0.25) is 0 Å². The Morgan fingerprint density at radius 3 is 2.31 bits per heavy atom. The zero-order chi connectivity index (χ0) is 20.3. The fraction of sp³-hybridized carbons (Fsp3) is 0. The molecule has 5 rings (SSSR count). The molecule has 1 aliphatic heterocycles. The standard InChI is InChI=1S/C19H11FN6O3/c20-9-1-3-10(4-2-9)26-23-13-6-5-11(7-14(13)24-26)25-15(27)8-12-16(17(25)21)19(29)22-18(12)28/h1-8H,21H2,(H,22,28,29). The molecule has 0 saturated carbocycles. The summed E-state index contributed by atoms with van der Waals surface area (Å²) < 4.78 is 14.3. The summed E-state index contributed by atoms with van der Waals surface area (Å²) in [5.74, 6) is -1.82. The van der Waals surface area contributed by atoms with Crippen molar-refractivity contribution < 1.29 is 14.0 Å². The van der Waals surface area contributed by atoms with E-state index in [1.165, 1.54) is 29.1 Å². The van der Waals surface area contributed by atoms with Crippen LogP contribution in [0.1, 0.15) is 20.7 Å². The van der Waals surface area contributed by atoms with Gasteiger partial charge in [0.1, 0.15) is 22.7 Å². The van der Waals surface area contributed by atoms with Gasteiger partial charge in [-0.1, -0.05) is 0 Å². The highest BCUT2D eigenvalue weighted by Gasteiger charge is 2.31. The first-order chi connectivity index (χ1) is 13.9. The summed E-state index contributed by atoms with van der Waals surface area (Å²) in [6, 6.07) is 11.6. The topological polar surface area (TPSA) is 125 Å². The number of nitrogens with one attached hydrogen (secondary N) is 1. The quantitative estimate of drug-likeness (QED) is 0.495. The number of fused-ring (bicyclic) bond motifs is 2. The molecule has 2 amide bonds. The number of nitrogen functional groups attached to an aromatic ring is 1. The number of anilines is 1. The van der Waals surface area contributed by atoms with E-state index in [4.69, 9.17) is 5.73 Å². The number of carbonyl (C=O) groups is 2. The molecule has 0 spiro atoms. The van der Waals surface area contributed by atoms with Crippen LogP contribution in [0.25, 0.3) is 22.4 Å². The summed E-state index contributed by atoms with van der Waals surface area (Å²) >= 11 is 0. The van der Waals surface area contributed by atoms with Crippen molar-refractivity contribution in [2.45, 2.75) is 0 Å². The van der Waals surface area contributed by atoms with E-state index < -0.39 is 17.4 Å². The molecule has 3 N–H and O–H groups in total. The van der Waals surface area contributed by atoms with Crippen molar-refractivity contribution in [3.8, 4) is 11.4 Å². The third-order valence-electron chi connectivity index (χ3n) is 4.63. The van der Waals surface area contributed by atoms with Crippen LogP contribution in [0.5, 0.6) is 0 Å². The molecule has 0 unspecified atom stereocenters. The Labute approximate surface area is 161 Å². The molecular weight excluding hydrogens is 379 g/mol. The summed E-state index contributed by atoms with van der Waals surface area (Å²) in [6.45, 7) is 0. The van der Waals surface area contributed by atoms with Crippen molar-refractivity contribution >= 4 is 28.7 Å². The second-order valence-electron chi connectivity index (χ2n) is 6.41. The molecule has 9 nitrogen and oxygen atoms in total. The lowest BCUT2D eigenvalue weighted by atomic mass is 10.1. The first-order valence-electron chi connectivity index (χ1n) is 8.47. The molecule has 29 heavy (non-hydrogen) atoms. The van der Waals surface area contributed by atoms with Gasteiger partial charge in [0.15, 0.2) is 0 Å². The average molecular weight is 390 g/mol. The third-order valence-corrected chi connectivity index (χ3v) is 4.63. The van der Waals surface area contributed by atoms with Gasteiger partial charge in [0.2, 0.25) is 0 Å². The Morgan fingerprint density at radius 2 is 1.55 bits per heavy atom. The van der Waals surface area contributed by atoms with Crippen molar-refractivity contribution in [1.29, 1.82) is 0 Å². The first-order valence-corrected chi connectivity index (χ1v) is 8.47. The molecule has 0 radical (unpaired) electrons. The van der Waals surface area contributed by atoms with Crippen LogP contribution in [-0.2, 0) is 0 Å². The van der Waals surface area contributed by atoms with Gasteiger partial charge < -0.3 is 5.73 Å². The van der Waals surface area contributed by atoms with Gasteiger partial charge in [-0.05, 0) is 42.5 Å². The summed E-state index contributed by atoms with van der Waals surface area (Å²) in [5.41, 5.74) is 7.33. The third kappa shape index (κ3) is 2.50. The summed E-state index contributed by atoms with van der Waals surface area (Å²) in [5, 5.41) is 10.8. The smallest absolute Gasteiger partial charge is 0.262 e. The van der Waals surface area contributed by atoms with E-state index in [1.807, 2.05) is 0 Å². The molecule has 4 aromatic rings. The maximum Gasteiger partial charge on any atom is 0.262 e. The number of nitrogens with zero attached hydrogens (tertiary/aromatic N) is 4. The minimum Gasteiger partial charge on any atom is -0.384 e. The molecule has 0 aliphatic carbocycles. The van der Waals surface area contributed by atoms with E-state index in [2.05, 4.69) is 15.5 Å². The summed E-state index contributed by atoms with van der Waals surface area (Å²) in [6.07, 6.45) is 0. The number of hydrogen-bond acceptors (Lipinski definition) is 6. The van der Waals surface area contributed by atoms with E-state index in [0.717, 1.165) is 10.6 Å². The number of pyridine rings is 1. The average Bonchev–Trinajstić information content (AvgIpc) is 3.23. The lowest BCUT2D eigenvalue weighted by Gasteiger charge is -2.11. The molecule has 10 heteroatoms. The van der Waals surface area contributed by atoms with Crippen LogP contribution in [0, 0.1) is 5.82 Å². The number of hydrogen-bond donors (Lipinski definition) is 2. The number of amides is 2. The van der Waals surface area contributed by atoms with Crippen molar-refractivity contribution in [3.05, 3.63) is 75.8 Å². The Kier molecular flexibility index (Phi) is 3.38. The largest absolute Gasteiger partial charge is 0.384 e. The molecule has 0 saturated heterocycles. The van der Waals surface area contributed by atoms with Gasteiger partial charge in [-0.3, -0.25) is 24.3 Å². The highest BCUT2D eigenvalue weighted by molar-refractivity contribution is 6.23. The maximum absolute atomic E-state index is 13.1. The molecule has 142 valence electrons. The highest BCUT2D eigenvalue weighted by atomic mass is 19.1. The number of carbonyl (C=O) groups excluding carboxylic acids is 2. The number of aromatic nitrogens is 4. The normalized spacial score (nSPS) is 13.0. The zero-order valence-electron chi connectivity index (χ0n) is 14.6. The van der Waals surface area contributed by atoms with E-state index >= 15 is 0 Å². The van der Waals surface area contributed by atoms with Gasteiger partial charge in [-0.2, -0.15) is 4.80 Å². The van der Waals surface area contributed by atoms with E-state index in [0.29, 0.717) is 22.4 Å². The van der Waals surface area contributed by atoms with Crippen molar-refractivity contribution in [2.24, 2.45) is 0 Å². The number of nitrogens with two attached hydrogens (primary N) is 1. The van der Waals surface area contributed by atoms with Gasteiger partial charge >= 0.3 is 0 Å². The van der Waals surface area contributed by atoms with Crippen LogP contribution < -0.4 is 16.6 Å². The van der Waals surface area contributed by atoms with Gasteiger partial charge in [0, 0.05) is 6.07 Å². The molecule has 1 aliphatic rings. The van der Waals surface area contributed by atoms with E-state index in [9.17, 15) is 18.8 Å². The maximum atomic E-state index is 13.1. The second-order valence-corrected chi connectivity index (χ2v) is 6.41. The van der Waals surface area contributed by atoms with E-state index in [1.54, 1.807) is 18.2 Å². The van der Waals surface area contributed by atoms with Crippen molar-refractivity contribution in [2.75, 3.05) is 5.73 Å². The number of imide groups is 1. The Balaban J connectivity index is 1.66. The van der Waals surface area contributed by atoms with Crippen LogP contribution in [0.4, 0.5) is 10.2 Å². The predicted molar refractivity (Wildman–Crippen MR) is 101 cm³/mol. The number of halogens is 1. The molecule has 2 aromatic heterocycles. The second kappa shape index (κ2) is 5.83. The minimum atomic E-state index is -0.654. The summed E-state index contributed by atoms with van der Waals surface area (Å²) in [7, 11) is 0. The zero-order valence-corrected chi connectivity index (χ0v) is 14.6. The van der Waals surface area contributed by atoms with Gasteiger partial charge in [0.05, 0.1) is 22.5 Å². The Morgan fingerprint density at radius 1 is 0.862 bits per heavy atom. The molecule has 0 fully saturated rings. The van der Waals surface area contributed by atoms with Gasteiger partial charge in [-0.25, -0.2) is 4.39 Å². The van der Waals surface area contributed by atoms with Crippen LogP contribution in [0.3, 0.4) is 0 Å². The molecule has 0 atom stereocenters. The molecule has 2 aromatic carbocycles. The fourth-order valence-electron chi connectivity index (χ4n) is 3.28. The number of benzene rings is 2. The first kappa shape index (κ1) is 16.8. The predicted octanol–water partition coefficient (Wildman–Crippen LogP) is 1.18. The lowest BCUT2D eigenvalue weighted by Crippen LogP contribution is -2.24. The lowest BCUT2D eigenvalue weighted by molar-refractivity contribution is 0.0880. The molecular formula is C19H11FN6O3. The minimum absolute atomic E-state index is 0.0373. The van der Waals surface area contributed by atoms with Crippen LogP contribution in [-0.4, -0.2) is 31.4 Å². The molecule has 3 heterocycles. The molecule has 0 bridgehead atoms. The van der Waals surface area contributed by atoms with Crippen LogP contribution in [0.15, 0.2) is 53.3 Å². The van der Waals surface area contributed by atoms with Gasteiger partial charge in [0.25, 0.3) is 17.4 Å². The highest BCUT2D eigenvalue weighted by Crippen LogP contribution is 2.24. The SMILES string of the molecule is Nc1c2c(cc(=O)n1-c1ccc3nn(-c4ccc(F)cc4)nc3c1)C(=O)NC2=O. The Bertz CT molecular complexity index is 1400. The van der Waals surface area contributed by atoms with E-state index in [-0.39, 0.29) is 22.8 Å². The van der Waals surface area contributed by atoms with Gasteiger partial charge in [-0.15, -0.1) is 10.2 Å². The fourth-order valence-corrected chi connectivity index (χ4v) is 3.28. The monoisotopic (exact) mass is 390 g/mol. The summed E-state index contributed by atoms with van der Waals surface area (Å²) in [4.78, 5) is 37.7. The Hall–Kier alpha value is -4.34. The van der Waals surface area contributed by atoms with Crippen molar-refractivity contribution in [1.82, 2.24) is 24.9 Å².